The van der Waals surface area contributed by atoms with E-state index in [-0.39, 0.29) is 0 Å². The van der Waals surface area contributed by atoms with E-state index in [1.807, 2.05) is 29.7 Å². The summed E-state index contributed by atoms with van der Waals surface area (Å²) in [5.74, 6) is 0. The number of benzene rings is 1. The summed E-state index contributed by atoms with van der Waals surface area (Å²) < 4.78 is 2.01. The number of imidazole rings is 1. The van der Waals surface area contributed by atoms with Gasteiger partial charge in [0, 0.05) is 17.5 Å². The fourth-order valence-electron chi connectivity index (χ4n) is 3.34. The van der Waals surface area contributed by atoms with Gasteiger partial charge in [0.05, 0.1) is 11.3 Å². The Morgan fingerprint density at radius 1 is 1.09 bits per heavy atom. The Morgan fingerprint density at radius 2 is 1.91 bits per heavy atom. The van der Waals surface area contributed by atoms with Gasteiger partial charge in [-0.2, -0.15) is 5.26 Å². The van der Waals surface area contributed by atoms with Crippen molar-refractivity contribution in [2.24, 2.45) is 0 Å². The van der Waals surface area contributed by atoms with Crippen molar-refractivity contribution in [1.82, 2.24) is 9.38 Å². The van der Waals surface area contributed by atoms with Crippen molar-refractivity contribution in [3.63, 3.8) is 0 Å². The molecule has 0 fully saturated rings. The molecule has 0 bridgehead atoms. The maximum atomic E-state index is 9.15. The van der Waals surface area contributed by atoms with Crippen molar-refractivity contribution in [2.45, 2.75) is 32.6 Å². The Balaban J connectivity index is 1.84. The van der Waals surface area contributed by atoms with E-state index >= 15 is 0 Å². The molecular formula is C19H17N3. The van der Waals surface area contributed by atoms with Gasteiger partial charge in [-0.1, -0.05) is 12.1 Å². The number of hydrogen-bond acceptors (Lipinski definition) is 2. The highest BCUT2D eigenvalue weighted by Gasteiger charge is 2.12. The number of nitrogens with zero attached hydrogens (tertiary/aromatic N) is 3. The largest absolute Gasteiger partial charge is 0.302 e. The van der Waals surface area contributed by atoms with Crippen LogP contribution in [0.25, 0.3) is 16.9 Å². The number of rotatable bonds is 1. The van der Waals surface area contributed by atoms with Crippen LogP contribution in [0.4, 0.5) is 0 Å². The molecule has 2 heterocycles. The Kier molecular flexibility index (Phi) is 2.97. The van der Waals surface area contributed by atoms with E-state index in [4.69, 9.17) is 10.2 Å². The molecule has 2 aromatic heterocycles. The molecule has 0 atom stereocenters. The first-order chi connectivity index (χ1) is 10.8. The van der Waals surface area contributed by atoms with E-state index in [1.165, 1.54) is 42.4 Å². The van der Waals surface area contributed by atoms with E-state index in [9.17, 15) is 0 Å². The molecule has 0 unspecified atom stereocenters. The molecule has 22 heavy (non-hydrogen) atoms. The second kappa shape index (κ2) is 4.99. The summed E-state index contributed by atoms with van der Waals surface area (Å²) in [7, 11) is 0. The van der Waals surface area contributed by atoms with E-state index in [0.29, 0.717) is 5.56 Å². The predicted octanol–water partition coefficient (Wildman–Crippen LogP) is 4.06. The first-order valence-corrected chi connectivity index (χ1v) is 7.77. The Hall–Kier alpha value is -2.60. The number of pyridine rings is 1. The van der Waals surface area contributed by atoms with Gasteiger partial charge in [0.1, 0.15) is 11.7 Å². The molecule has 1 aliphatic carbocycles. The maximum absolute atomic E-state index is 9.15. The molecule has 1 aromatic carbocycles. The van der Waals surface area contributed by atoms with Crippen LogP contribution in [-0.2, 0) is 12.8 Å². The molecule has 108 valence electrons. The molecular weight excluding hydrogens is 270 g/mol. The van der Waals surface area contributed by atoms with Crippen LogP contribution < -0.4 is 0 Å². The molecule has 0 aliphatic heterocycles. The molecule has 3 nitrogen and oxygen atoms in total. The third-order valence-corrected chi connectivity index (χ3v) is 4.65. The molecule has 3 aromatic rings. The van der Waals surface area contributed by atoms with Crippen LogP contribution in [-0.4, -0.2) is 9.38 Å². The average molecular weight is 287 g/mol. The third-order valence-electron chi connectivity index (χ3n) is 4.65. The highest BCUT2D eigenvalue weighted by Crippen LogP contribution is 2.27. The third kappa shape index (κ3) is 2.00. The zero-order valence-electron chi connectivity index (χ0n) is 12.6. The lowest BCUT2D eigenvalue weighted by molar-refractivity contribution is 0.686. The molecule has 1 aliphatic rings. The van der Waals surface area contributed by atoms with Gasteiger partial charge in [-0.3, -0.25) is 0 Å². The van der Waals surface area contributed by atoms with E-state index in [1.54, 1.807) is 0 Å². The fraction of sp³-hybridized carbons (Fsp3) is 0.263. The van der Waals surface area contributed by atoms with Crippen molar-refractivity contribution >= 4 is 5.65 Å². The van der Waals surface area contributed by atoms with Gasteiger partial charge in [0.15, 0.2) is 0 Å². The Bertz CT molecular complexity index is 912. The number of nitriles is 1. The summed E-state index contributed by atoms with van der Waals surface area (Å²) in [6.45, 7) is 1.96. The lowest BCUT2D eigenvalue weighted by atomic mass is 9.90. The van der Waals surface area contributed by atoms with Crippen LogP contribution >= 0.6 is 0 Å². The molecule has 0 saturated carbocycles. The lowest BCUT2D eigenvalue weighted by Crippen LogP contribution is -2.02. The lowest BCUT2D eigenvalue weighted by Gasteiger charge is -2.15. The topological polar surface area (TPSA) is 41.1 Å². The maximum Gasteiger partial charge on any atom is 0.137 e. The molecule has 0 radical (unpaired) electrons. The number of hydrogen-bond donors (Lipinski definition) is 0. The zero-order chi connectivity index (χ0) is 15.1. The van der Waals surface area contributed by atoms with Gasteiger partial charge in [-0.15, -0.1) is 0 Å². The van der Waals surface area contributed by atoms with Crippen molar-refractivity contribution in [1.29, 1.82) is 5.26 Å². The standard InChI is InChI=1S/C19H17N3/c1-13-17(11-20)8-9-19-21-18(12-22(13)19)16-7-6-14-4-2-3-5-15(14)10-16/h6-10,12H,2-5H2,1H3. The van der Waals surface area contributed by atoms with Gasteiger partial charge in [0.25, 0.3) is 0 Å². The van der Waals surface area contributed by atoms with Gasteiger partial charge in [0.2, 0.25) is 0 Å². The smallest absolute Gasteiger partial charge is 0.137 e. The van der Waals surface area contributed by atoms with E-state index in [0.717, 1.165) is 17.0 Å². The molecule has 0 saturated heterocycles. The summed E-state index contributed by atoms with van der Waals surface area (Å²) in [4.78, 5) is 4.72. The molecule has 0 amide bonds. The fourth-order valence-corrected chi connectivity index (χ4v) is 3.34. The summed E-state index contributed by atoms with van der Waals surface area (Å²) in [5, 5.41) is 9.15. The summed E-state index contributed by atoms with van der Waals surface area (Å²) in [6, 6.07) is 12.7. The Morgan fingerprint density at radius 3 is 2.73 bits per heavy atom. The van der Waals surface area contributed by atoms with Crippen LogP contribution in [0.3, 0.4) is 0 Å². The van der Waals surface area contributed by atoms with Crippen LogP contribution in [0.5, 0.6) is 0 Å². The number of fused-ring (bicyclic) bond motifs is 2. The van der Waals surface area contributed by atoms with Gasteiger partial charge in [-0.05, 0) is 61.9 Å². The van der Waals surface area contributed by atoms with Crippen LogP contribution in [0.15, 0.2) is 36.5 Å². The second-order valence-corrected chi connectivity index (χ2v) is 5.99. The Labute approximate surface area is 129 Å². The first-order valence-electron chi connectivity index (χ1n) is 7.77. The van der Waals surface area contributed by atoms with Crippen LogP contribution in [0.2, 0.25) is 0 Å². The van der Waals surface area contributed by atoms with Crippen molar-refractivity contribution in [3.05, 3.63) is 58.9 Å². The van der Waals surface area contributed by atoms with Gasteiger partial charge >= 0.3 is 0 Å². The van der Waals surface area contributed by atoms with E-state index in [2.05, 4.69) is 24.3 Å². The average Bonchev–Trinajstić information content (AvgIpc) is 3.00. The predicted molar refractivity (Wildman–Crippen MR) is 86.7 cm³/mol. The zero-order valence-corrected chi connectivity index (χ0v) is 12.6. The molecule has 3 heteroatoms. The second-order valence-electron chi connectivity index (χ2n) is 5.99. The monoisotopic (exact) mass is 287 g/mol. The van der Waals surface area contributed by atoms with Gasteiger partial charge < -0.3 is 4.40 Å². The van der Waals surface area contributed by atoms with Crippen LogP contribution in [0.1, 0.15) is 35.2 Å². The SMILES string of the molecule is Cc1c(C#N)ccc2nc(-c3ccc4c(c3)CCCC4)cn12. The normalized spacial score (nSPS) is 13.8. The molecule has 0 spiro atoms. The first kappa shape index (κ1) is 13.1. The van der Waals surface area contributed by atoms with Crippen LogP contribution in [0, 0.1) is 18.3 Å². The molecule has 0 N–H and O–H groups in total. The minimum atomic E-state index is 0.696. The van der Waals surface area contributed by atoms with E-state index < -0.39 is 0 Å². The van der Waals surface area contributed by atoms with Gasteiger partial charge in [-0.25, -0.2) is 4.98 Å². The quantitative estimate of drug-likeness (QED) is 0.677. The minimum absolute atomic E-state index is 0.696. The summed E-state index contributed by atoms with van der Waals surface area (Å²) >= 11 is 0. The number of aromatic nitrogens is 2. The number of aryl methyl sites for hydroxylation is 3. The highest BCUT2D eigenvalue weighted by atomic mass is 15.0. The molecule has 4 rings (SSSR count). The summed E-state index contributed by atoms with van der Waals surface area (Å²) in [5.41, 5.74) is 7.63. The van der Waals surface area contributed by atoms with Crippen molar-refractivity contribution in [2.75, 3.05) is 0 Å². The highest BCUT2D eigenvalue weighted by molar-refractivity contribution is 5.65. The van der Waals surface area contributed by atoms with Crippen molar-refractivity contribution in [3.8, 4) is 17.3 Å². The van der Waals surface area contributed by atoms with Crippen molar-refractivity contribution < 1.29 is 0 Å². The summed E-state index contributed by atoms with van der Waals surface area (Å²) in [6.07, 6.45) is 7.00. The minimum Gasteiger partial charge on any atom is -0.302 e.